The maximum absolute atomic E-state index is 13.7. The van der Waals surface area contributed by atoms with Crippen LogP contribution in [0.5, 0.6) is 0 Å². The molecule has 0 saturated heterocycles. The van der Waals surface area contributed by atoms with Gasteiger partial charge in [-0.3, -0.25) is 14.4 Å². The van der Waals surface area contributed by atoms with Crippen molar-refractivity contribution in [3.8, 4) is 0 Å². The summed E-state index contributed by atoms with van der Waals surface area (Å²) < 4.78 is 27.5. The van der Waals surface area contributed by atoms with Gasteiger partial charge in [0.05, 0.1) is 0 Å². The highest BCUT2D eigenvalue weighted by molar-refractivity contribution is 5.98. The van der Waals surface area contributed by atoms with Crippen LogP contribution in [0.2, 0.25) is 0 Å². The highest BCUT2D eigenvalue weighted by Gasteiger charge is 2.37. The fourth-order valence-electron chi connectivity index (χ4n) is 4.33. The third-order valence-electron chi connectivity index (χ3n) is 6.03. The number of halogens is 2. The number of aryl methyl sites for hydroxylation is 1. The summed E-state index contributed by atoms with van der Waals surface area (Å²) in [5, 5.41) is 9.43. The maximum atomic E-state index is 13.7. The number of carbonyl (C=O) groups excluding carboxylic acids is 2. The van der Waals surface area contributed by atoms with Gasteiger partial charge in [-0.1, -0.05) is 42.0 Å². The summed E-state index contributed by atoms with van der Waals surface area (Å²) in [6.45, 7) is 1.08. The summed E-state index contributed by atoms with van der Waals surface area (Å²) in [5.41, 5.74) is 3.28. The lowest BCUT2D eigenvalue weighted by molar-refractivity contribution is -0.147. The first-order valence-corrected chi connectivity index (χ1v) is 11.1. The first-order chi connectivity index (χ1) is 16.7. The van der Waals surface area contributed by atoms with Crippen LogP contribution in [-0.4, -0.2) is 45.3 Å². The van der Waals surface area contributed by atoms with E-state index in [1.165, 1.54) is 4.90 Å². The Bertz CT molecular complexity index is 1260. The Morgan fingerprint density at radius 3 is 2.23 bits per heavy atom. The average Bonchev–Trinajstić information content (AvgIpc) is 2.81. The molecule has 0 radical (unpaired) electrons. The van der Waals surface area contributed by atoms with E-state index < -0.39 is 36.1 Å². The second kappa shape index (κ2) is 10.0. The number of nitrogens with zero attached hydrogens (tertiary/aromatic N) is 2. The fraction of sp³-hybridized carbons (Fsp3) is 0.222. The molecule has 0 spiro atoms. The number of hydrogen-bond acceptors (Lipinski definition) is 3. The lowest BCUT2D eigenvalue weighted by Gasteiger charge is -2.38. The van der Waals surface area contributed by atoms with E-state index in [9.17, 15) is 28.3 Å². The molecule has 1 N–H and O–H groups in total. The summed E-state index contributed by atoms with van der Waals surface area (Å²) in [5.74, 6) is -3.89. The van der Waals surface area contributed by atoms with E-state index in [1.54, 1.807) is 24.3 Å². The summed E-state index contributed by atoms with van der Waals surface area (Å²) >= 11 is 0. The summed E-state index contributed by atoms with van der Waals surface area (Å²) in [6, 6.07) is 16.2. The second-order valence-corrected chi connectivity index (χ2v) is 8.65. The zero-order chi connectivity index (χ0) is 25.1. The number of rotatable bonds is 6. The maximum Gasteiger partial charge on any atom is 0.323 e. The molecule has 1 aliphatic rings. The first-order valence-electron chi connectivity index (χ1n) is 11.1. The molecular weight excluding hydrogens is 454 g/mol. The fourth-order valence-corrected chi connectivity index (χ4v) is 4.33. The number of amides is 2. The zero-order valence-corrected chi connectivity index (χ0v) is 19.1. The molecule has 180 valence electrons. The predicted molar refractivity (Wildman–Crippen MR) is 124 cm³/mol. The standard InChI is InChI=1S/C27H24F2N2O4/c1-17-6-8-19(9-7-17)26(34)31-15-21-5-3-2-4-20(21)12-24(31)27(35)30(16-25(32)33)14-18-10-22(28)13-23(29)11-18/h2-11,13,24H,12,14-16H2,1H3,(H,32,33)/t24-/m1/s1. The van der Waals surface area contributed by atoms with Crippen molar-refractivity contribution in [3.05, 3.63) is 106 Å². The van der Waals surface area contributed by atoms with Crippen molar-refractivity contribution >= 4 is 17.8 Å². The monoisotopic (exact) mass is 478 g/mol. The lowest BCUT2D eigenvalue weighted by Crippen LogP contribution is -2.54. The van der Waals surface area contributed by atoms with Crippen LogP contribution in [0.1, 0.15) is 32.6 Å². The van der Waals surface area contributed by atoms with E-state index in [0.717, 1.165) is 33.7 Å². The summed E-state index contributed by atoms with van der Waals surface area (Å²) in [4.78, 5) is 41.2. The number of benzene rings is 3. The van der Waals surface area contributed by atoms with E-state index in [-0.39, 0.29) is 31.0 Å². The molecule has 0 aliphatic carbocycles. The van der Waals surface area contributed by atoms with Crippen LogP contribution in [-0.2, 0) is 29.1 Å². The molecular formula is C27H24F2N2O4. The molecule has 0 bridgehead atoms. The Morgan fingerprint density at radius 1 is 0.971 bits per heavy atom. The SMILES string of the molecule is Cc1ccc(C(=O)N2Cc3ccccc3C[C@@H]2C(=O)N(CC(=O)O)Cc2cc(F)cc(F)c2)cc1. The van der Waals surface area contributed by atoms with Crippen LogP contribution >= 0.6 is 0 Å². The van der Waals surface area contributed by atoms with Crippen molar-refractivity contribution in [2.75, 3.05) is 6.54 Å². The van der Waals surface area contributed by atoms with Crippen molar-refractivity contribution in [2.45, 2.75) is 32.5 Å². The van der Waals surface area contributed by atoms with E-state index in [4.69, 9.17) is 0 Å². The number of aliphatic carboxylic acids is 1. The van der Waals surface area contributed by atoms with Crippen LogP contribution < -0.4 is 0 Å². The first kappa shape index (κ1) is 24.1. The van der Waals surface area contributed by atoms with Gasteiger partial charge in [-0.25, -0.2) is 8.78 Å². The van der Waals surface area contributed by atoms with E-state index in [1.807, 2.05) is 31.2 Å². The molecule has 1 heterocycles. The van der Waals surface area contributed by atoms with Gasteiger partial charge in [0, 0.05) is 31.1 Å². The summed E-state index contributed by atoms with van der Waals surface area (Å²) in [7, 11) is 0. The Balaban J connectivity index is 1.69. The predicted octanol–water partition coefficient (Wildman–Crippen LogP) is 3.95. The molecule has 6 nitrogen and oxygen atoms in total. The molecule has 1 atom stereocenters. The Morgan fingerprint density at radius 2 is 1.60 bits per heavy atom. The van der Waals surface area contributed by atoms with Gasteiger partial charge in [-0.15, -0.1) is 0 Å². The number of carboxylic acids is 1. The quantitative estimate of drug-likeness (QED) is 0.582. The smallest absolute Gasteiger partial charge is 0.323 e. The summed E-state index contributed by atoms with van der Waals surface area (Å²) in [6.07, 6.45) is 0.195. The van der Waals surface area contributed by atoms with Gasteiger partial charge in [-0.05, 0) is 47.9 Å². The lowest BCUT2D eigenvalue weighted by atomic mass is 9.92. The molecule has 4 rings (SSSR count). The van der Waals surface area contributed by atoms with E-state index in [2.05, 4.69) is 0 Å². The van der Waals surface area contributed by atoms with Gasteiger partial charge >= 0.3 is 5.97 Å². The van der Waals surface area contributed by atoms with Crippen LogP contribution in [0.15, 0.2) is 66.7 Å². The second-order valence-electron chi connectivity index (χ2n) is 8.65. The molecule has 0 saturated carbocycles. The Kier molecular flexibility index (Phi) is 6.91. The highest BCUT2D eigenvalue weighted by atomic mass is 19.1. The van der Waals surface area contributed by atoms with E-state index >= 15 is 0 Å². The zero-order valence-electron chi connectivity index (χ0n) is 19.1. The highest BCUT2D eigenvalue weighted by Crippen LogP contribution is 2.27. The number of hydrogen-bond donors (Lipinski definition) is 1. The molecule has 35 heavy (non-hydrogen) atoms. The molecule has 8 heteroatoms. The van der Waals surface area contributed by atoms with Crippen LogP contribution in [0.4, 0.5) is 8.78 Å². The Labute approximate surface area is 201 Å². The third kappa shape index (κ3) is 5.54. The van der Waals surface area contributed by atoms with E-state index in [0.29, 0.717) is 11.6 Å². The van der Waals surface area contributed by atoms with Gasteiger partial charge in [0.1, 0.15) is 24.2 Å². The molecule has 3 aromatic rings. The van der Waals surface area contributed by atoms with Gasteiger partial charge < -0.3 is 14.9 Å². The van der Waals surface area contributed by atoms with Gasteiger partial charge in [0.25, 0.3) is 5.91 Å². The van der Waals surface area contributed by atoms with Crippen molar-refractivity contribution in [3.63, 3.8) is 0 Å². The minimum Gasteiger partial charge on any atom is -0.480 e. The minimum atomic E-state index is -1.28. The molecule has 3 aromatic carbocycles. The van der Waals surface area contributed by atoms with Crippen LogP contribution in [0, 0.1) is 18.6 Å². The molecule has 0 aromatic heterocycles. The van der Waals surface area contributed by atoms with Gasteiger partial charge in [0.2, 0.25) is 5.91 Å². The van der Waals surface area contributed by atoms with Gasteiger partial charge in [0.15, 0.2) is 0 Å². The van der Waals surface area contributed by atoms with Crippen LogP contribution in [0.3, 0.4) is 0 Å². The largest absolute Gasteiger partial charge is 0.480 e. The molecule has 1 aliphatic heterocycles. The van der Waals surface area contributed by atoms with Crippen molar-refractivity contribution in [1.29, 1.82) is 0 Å². The number of fused-ring (bicyclic) bond motifs is 1. The molecule has 0 unspecified atom stereocenters. The van der Waals surface area contributed by atoms with Crippen LogP contribution in [0.25, 0.3) is 0 Å². The minimum absolute atomic E-state index is 0.115. The average molecular weight is 478 g/mol. The van der Waals surface area contributed by atoms with Gasteiger partial charge in [-0.2, -0.15) is 0 Å². The van der Waals surface area contributed by atoms with Crippen molar-refractivity contribution in [2.24, 2.45) is 0 Å². The molecule has 0 fully saturated rings. The number of carbonyl (C=O) groups is 3. The Hall–Kier alpha value is -4.07. The number of carboxylic acid groups (broad SMARTS) is 1. The topological polar surface area (TPSA) is 77.9 Å². The third-order valence-corrected chi connectivity index (χ3v) is 6.03. The normalized spacial score (nSPS) is 14.8. The molecule has 2 amide bonds. The van der Waals surface area contributed by atoms with Crippen molar-refractivity contribution < 1.29 is 28.3 Å². The van der Waals surface area contributed by atoms with Crippen molar-refractivity contribution in [1.82, 2.24) is 9.80 Å².